The van der Waals surface area contributed by atoms with E-state index in [1.54, 1.807) is 24.5 Å². The van der Waals surface area contributed by atoms with E-state index in [-0.39, 0.29) is 11.8 Å². The van der Waals surface area contributed by atoms with Crippen LogP contribution >= 0.6 is 0 Å². The molecule has 1 aromatic carbocycles. The molecule has 0 bridgehead atoms. The van der Waals surface area contributed by atoms with Crippen molar-refractivity contribution in [3.63, 3.8) is 0 Å². The van der Waals surface area contributed by atoms with Crippen LogP contribution in [0.1, 0.15) is 42.4 Å². The highest BCUT2D eigenvalue weighted by Gasteiger charge is 2.22. The van der Waals surface area contributed by atoms with E-state index in [0.717, 1.165) is 49.2 Å². The number of carbonyl (C=O) groups is 2. The number of aryl methyl sites for hydroxylation is 1. The van der Waals surface area contributed by atoms with Gasteiger partial charge in [-0.05, 0) is 49.4 Å². The highest BCUT2D eigenvalue weighted by Crippen LogP contribution is 2.20. The maximum atomic E-state index is 13.0. The lowest BCUT2D eigenvalue weighted by Crippen LogP contribution is -2.40. The summed E-state index contributed by atoms with van der Waals surface area (Å²) in [5.74, 6) is 1.63. The Bertz CT molecular complexity index is 1040. The summed E-state index contributed by atoms with van der Waals surface area (Å²) in [4.78, 5) is 35.8. The number of piperidine rings is 1. The Morgan fingerprint density at radius 1 is 1.10 bits per heavy atom. The summed E-state index contributed by atoms with van der Waals surface area (Å²) < 4.78 is 2.04. The van der Waals surface area contributed by atoms with E-state index in [9.17, 15) is 9.59 Å². The first-order chi connectivity index (χ1) is 15.1. The van der Waals surface area contributed by atoms with Crippen molar-refractivity contribution in [3.05, 3.63) is 60.2 Å². The molecule has 2 amide bonds. The van der Waals surface area contributed by atoms with Gasteiger partial charge in [-0.3, -0.25) is 14.6 Å². The number of rotatable bonds is 7. The van der Waals surface area contributed by atoms with Gasteiger partial charge >= 0.3 is 0 Å². The number of nitrogens with zero attached hydrogens (tertiary/aromatic N) is 4. The summed E-state index contributed by atoms with van der Waals surface area (Å²) in [5.41, 5.74) is 2.49. The van der Waals surface area contributed by atoms with Crippen molar-refractivity contribution in [3.8, 4) is 0 Å². The van der Waals surface area contributed by atoms with Crippen molar-refractivity contribution in [1.82, 2.24) is 24.8 Å². The Morgan fingerprint density at radius 2 is 1.84 bits per heavy atom. The number of likely N-dealkylation sites (tertiary alicyclic amines) is 1. The molecular formula is C24H29N5O2. The molecule has 1 aliphatic heterocycles. The number of pyridine rings is 1. The summed E-state index contributed by atoms with van der Waals surface area (Å²) in [6.07, 6.45) is 6.79. The highest BCUT2D eigenvalue weighted by molar-refractivity contribution is 5.93. The standard InChI is InChI=1S/C24H29N5O2/c1-18-10-15-28(16-11-18)23(30)17-29-21-6-3-2-5-20(21)27-22(29)7-4-12-26-24(31)19-8-13-25-14-9-19/h2-3,5-6,8-9,13-14,18H,4,7,10-12,15-17H2,1H3,(H,26,31). The molecule has 0 atom stereocenters. The Morgan fingerprint density at radius 3 is 2.61 bits per heavy atom. The quantitative estimate of drug-likeness (QED) is 0.597. The Hall–Kier alpha value is -3.22. The van der Waals surface area contributed by atoms with Gasteiger partial charge in [0.2, 0.25) is 5.91 Å². The second-order valence-electron chi connectivity index (χ2n) is 8.26. The Balaban J connectivity index is 1.40. The third kappa shape index (κ3) is 5.10. The van der Waals surface area contributed by atoms with Crippen LogP contribution in [0.3, 0.4) is 0 Å². The lowest BCUT2D eigenvalue weighted by Gasteiger charge is -2.30. The number of amides is 2. The van der Waals surface area contributed by atoms with E-state index < -0.39 is 0 Å². The smallest absolute Gasteiger partial charge is 0.251 e. The average Bonchev–Trinajstić information content (AvgIpc) is 3.15. The van der Waals surface area contributed by atoms with Crippen LogP contribution in [0.25, 0.3) is 11.0 Å². The van der Waals surface area contributed by atoms with Gasteiger partial charge in [0.25, 0.3) is 5.91 Å². The van der Waals surface area contributed by atoms with E-state index in [1.165, 1.54) is 0 Å². The second kappa shape index (κ2) is 9.73. The van der Waals surface area contributed by atoms with E-state index >= 15 is 0 Å². The van der Waals surface area contributed by atoms with E-state index in [4.69, 9.17) is 4.98 Å². The first-order valence-corrected chi connectivity index (χ1v) is 11.0. The Kier molecular flexibility index (Phi) is 6.60. The van der Waals surface area contributed by atoms with Gasteiger partial charge in [0, 0.05) is 44.0 Å². The summed E-state index contributed by atoms with van der Waals surface area (Å²) in [6, 6.07) is 11.3. The number of fused-ring (bicyclic) bond motifs is 1. The minimum atomic E-state index is -0.106. The number of hydrogen-bond donors (Lipinski definition) is 1. The molecular weight excluding hydrogens is 390 g/mol. The molecule has 0 saturated carbocycles. The number of aromatic nitrogens is 3. The number of carbonyl (C=O) groups excluding carboxylic acids is 2. The normalized spacial score (nSPS) is 14.7. The van der Waals surface area contributed by atoms with Gasteiger partial charge < -0.3 is 14.8 Å². The minimum Gasteiger partial charge on any atom is -0.352 e. The van der Waals surface area contributed by atoms with Crippen LogP contribution in [0, 0.1) is 5.92 Å². The van der Waals surface area contributed by atoms with Gasteiger partial charge in [-0.25, -0.2) is 4.98 Å². The third-order valence-electron chi connectivity index (χ3n) is 5.97. The first kappa shape index (κ1) is 21.0. The van der Waals surface area contributed by atoms with Crippen LogP contribution in [-0.4, -0.2) is 50.9 Å². The second-order valence-corrected chi connectivity index (χ2v) is 8.26. The van der Waals surface area contributed by atoms with Gasteiger partial charge in [0.1, 0.15) is 12.4 Å². The van der Waals surface area contributed by atoms with Crippen LogP contribution in [0.4, 0.5) is 0 Å². The molecule has 0 spiro atoms. The largest absolute Gasteiger partial charge is 0.352 e. The lowest BCUT2D eigenvalue weighted by molar-refractivity contribution is -0.133. The molecule has 0 aliphatic carbocycles. The van der Waals surface area contributed by atoms with Crippen molar-refractivity contribution in [1.29, 1.82) is 0 Å². The van der Waals surface area contributed by atoms with Gasteiger partial charge in [-0.1, -0.05) is 19.1 Å². The summed E-state index contributed by atoms with van der Waals surface area (Å²) in [7, 11) is 0. The van der Waals surface area contributed by atoms with Crippen molar-refractivity contribution in [2.24, 2.45) is 5.92 Å². The fraction of sp³-hybridized carbons (Fsp3) is 0.417. The van der Waals surface area contributed by atoms with Gasteiger partial charge in [-0.2, -0.15) is 0 Å². The highest BCUT2D eigenvalue weighted by atomic mass is 16.2. The molecule has 4 rings (SSSR count). The SMILES string of the molecule is CC1CCN(C(=O)Cn2c(CCCNC(=O)c3ccncc3)nc3ccccc32)CC1. The van der Waals surface area contributed by atoms with E-state index in [1.807, 2.05) is 33.7 Å². The first-order valence-electron chi connectivity index (χ1n) is 11.0. The molecule has 7 heteroatoms. The zero-order valence-electron chi connectivity index (χ0n) is 18.0. The molecule has 2 aromatic heterocycles. The molecule has 31 heavy (non-hydrogen) atoms. The number of hydrogen-bond acceptors (Lipinski definition) is 4. The summed E-state index contributed by atoms with van der Waals surface area (Å²) in [6.45, 7) is 4.78. The van der Waals surface area contributed by atoms with Gasteiger partial charge in [0.05, 0.1) is 11.0 Å². The molecule has 1 fully saturated rings. The third-order valence-corrected chi connectivity index (χ3v) is 5.97. The van der Waals surface area contributed by atoms with Crippen molar-refractivity contribution in [2.45, 2.75) is 39.2 Å². The van der Waals surface area contributed by atoms with Crippen molar-refractivity contribution >= 4 is 22.8 Å². The van der Waals surface area contributed by atoms with Crippen LogP contribution in [0.2, 0.25) is 0 Å². The average molecular weight is 420 g/mol. The molecule has 1 saturated heterocycles. The predicted octanol–water partition coefficient (Wildman–Crippen LogP) is 3.05. The zero-order chi connectivity index (χ0) is 21.6. The minimum absolute atomic E-state index is 0.106. The topological polar surface area (TPSA) is 80.1 Å². The molecule has 1 N–H and O–H groups in total. The molecule has 162 valence electrons. The molecule has 7 nitrogen and oxygen atoms in total. The number of imidazole rings is 1. The van der Waals surface area contributed by atoms with E-state index in [0.29, 0.717) is 31.0 Å². The predicted molar refractivity (Wildman–Crippen MR) is 120 cm³/mol. The summed E-state index contributed by atoms with van der Waals surface area (Å²) in [5, 5.41) is 2.94. The van der Waals surface area contributed by atoms with Crippen LogP contribution in [-0.2, 0) is 17.8 Å². The maximum absolute atomic E-state index is 13.0. The number of benzene rings is 1. The van der Waals surface area contributed by atoms with Crippen molar-refractivity contribution < 1.29 is 9.59 Å². The van der Waals surface area contributed by atoms with Crippen LogP contribution in [0.5, 0.6) is 0 Å². The zero-order valence-corrected chi connectivity index (χ0v) is 18.0. The fourth-order valence-corrected chi connectivity index (χ4v) is 4.04. The van der Waals surface area contributed by atoms with Crippen molar-refractivity contribution in [2.75, 3.05) is 19.6 Å². The van der Waals surface area contributed by atoms with Gasteiger partial charge in [0.15, 0.2) is 0 Å². The Labute approximate surface area is 182 Å². The molecule has 3 aromatic rings. The molecule has 1 aliphatic rings. The van der Waals surface area contributed by atoms with Crippen LogP contribution in [0.15, 0.2) is 48.8 Å². The molecule has 0 radical (unpaired) electrons. The summed E-state index contributed by atoms with van der Waals surface area (Å²) >= 11 is 0. The van der Waals surface area contributed by atoms with Gasteiger partial charge in [-0.15, -0.1) is 0 Å². The lowest BCUT2D eigenvalue weighted by atomic mass is 9.99. The molecule has 3 heterocycles. The monoisotopic (exact) mass is 419 g/mol. The van der Waals surface area contributed by atoms with E-state index in [2.05, 4.69) is 17.2 Å². The van der Waals surface area contributed by atoms with Crippen LogP contribution < -0.4 is 5.32 Å². The molecule has 0 unspecified atom stereocenters. The fourth-order valence-electron chi connectivity index (χ4n) is 4.04. The maximum Gasteiger partial charge on any atom is 0.251 e. The number of para-hydroxylation sites is 2. The number of nitrogens with one attached hydrogen (secondary N) is 1.